The van der Waals surface area contributed by atoms with Crippen LogP contribution in [0.15, 0.2) is 12.3 Å². The Kier molecular flexibility index (Phi) is 4.49. The van der Waals surface area contributed by atoms with Crippen molar-refractivity contribution in [3.63, 3.8) is 0 Å². The van der Waals surface area contributed by atoms with Crippen molar-refractivity contribution in [2.45, 2.75) is 45.9 Å². The first-order chi connectivity index (χ1) is 7.52. The molecule has 90 valence electrons. The minimum Gasteiger partial charge on any atom is -0.387 e. The van der Waals surface area contributed by atoms with Gasteiger partial charge in [0.05, 0.1) is 11.8 Å². The fourth-order valence-electron chi connectivity index (χ4n) is 1.26. The van der Waals surface area contributed by atoms with Crippen LogP contribution >= 0.6 is 0 Å². The van der Waals surface area contributed by atoms with Crippen LogP contribution in [0.5, 0.6) is 0 Å². The molecule has 5 nitrogen and oxygen atoms in total. The number of aliphatic hydroxyl groups excluding tert-OH is 1. The summed E-state index contributed by atoms with van der Waals surface area (Å²) in [5.41, 5.74) is 0.580. The highest BCUT2D eigenvalue weighted by molar-refractivity contribution is 5.75. The van der Waals surface area contributed by atoms with Gasteiger partial charge in [-0.25, -0.2) is 0 Å². The number of amides is 1. The van der Waals surface area contributed by atoms with E-state index in [9.17, 15) is 9.90 Å². The lowest BCUT2D eigenvalue weighted by molar-refractivity contribution is -0.122. The maximum Gasteiger partial charge on any atom is 0.241 e. The van der Waals surface area contributed by atoms with Crippen LogP contribution in [-0.2, 0) is 11.3 Å². The van der Waals surface area contributed by atoms with Crippen molar-refractivity contribution >= 4 is 5.91 Å². The number of aromatic nitrogens is 2. The van der Waals surface area contributed by atoms with E-state index in [1.54, 1.807) is 19.2 Å². The summed E-state index contributed by atoms with van der Waals surface area (Å²) >= 11 is 0. The molecule has 16 heavy (non-hydrogen) atoms. The molecule has 1 rings (SSSR count). The molecule has 2 unspecified atom stereocenters. The molecular weight excluding hydrogens is 206 g/mol. The third-order valence-electron chi connectivity index (χ3n) is 2.41. The second-order valence-electron chi connectivity index (χ2n) is 3.99. The average molecular weight is 225 g/mol. The smallest absolute Gasteiger partial charge is 0.241 e. The molecule has 1 heterocycles. The van der Waals surface area contributed by atoms with E-state index < -0.39 is 6.10 Å². The zero-order chi connectivity index (χ0) is 12.1. The summed E-state index contributed by atoms with van der Waals surface area (Å²) in [7, 11) is 0. The second kappa shape index (κ2) is 5.65. The van der Waals surface area contributed by atoms with E-state index in [4.69, 9.17) is 0 Å². The van der Waals surface area contributed by atoms with Gasteiger partial charge in [-0.1, -0.05) is 6.92 Å². The van der Waals surface area contributed by atoms with Crippen LogP contribution in [0.3, 0.4) is 0 Å². The minimum atomic E-state index is -0.598. The van der Waals surface area contributed by atoms with E-state index in [2.05, 4.69) is 10.4 Å². The number of hydrogen-bond acceptors (Lipinski definition) is 3. The Morgan fingerprint density at radius 1 is 1.62 bits per heavy atom. The van der Waals surface area contributed by atoms with E-state index >= 15 is 0 Å². The average Bonchev–Trinajstić information content (AvgIpc) is 2.65. The molecule has 1 amide bonds. The van der Waals surface area contributed by atoms with Crippen LogP contribution in [0, 0.1) is 0 Å². The number of aliphatic hydroxyl groups is 1. The molecule has 1 aromatic heterocycles. The summed E-state index contributed by atoms with van der Waals surface area (Å²) in [6.07, 6.45) is 2.00. The first-order valence-corrected chi connectivity index (χ1v) is 5.53. The molecule has 0 fully saturated rings. The maximum atomic E-state index is 11.5. The van der Waals surface area contributed by atoms with E-state index in [0.717, 1.165) is 6.42 Å². The molecule has 0 radical (unpaired) electrons. The highest BCUT2D eigenvalue weighted by atomic mass is 16.3. The lowest BCUT2D eigenvalue weighted by Crippen LogP contribution is -2.34. The van der Waals surface area contributed by atoms with Crippen LogP contribution in [0.1, 0.15) is 39.0 Å². The molecular formula is C11H19N3O2. The van der Waals surface area contributed by atoms with Crippen LogP contribution in [0.2, 0.25) is 0 Å². The summed E-state index contributed by atoms with van der Waals surface area (Å²) in [6, 6.07) is 1.89. The standard InChI is InChI=1S/C11H19N3O2/c1-4-8(2)12-11(16)7-14-6-5-10(13-14)9(3)15/h5-6,8-9,15H,4,7H2,1-3H3,(H,12,16). The Labute approximate surface area is 95.5 Å². The Balaban J connectivity index is 2.50. The fourth-order valence-corrected chi connectivity index (χ4v) is 1.26. The van der Waals surface area contributed by atoms with Gasteiger partial charge in [-0.2, -0.15) is 5.10 Å². The van der Waals surface area contributed by atoms with E-state index in [1.807, 2.05) is 13.8 Å². The molecule has 0 aliphatic carbocycles. The van der Waals surface area contributed by atoms with Gasteiger partial charge in [0, 0.05) is 12.2 Å². The molecule has 0 saturated heterocycles. The molecule has 2 atom stereocenters. The highest BCUT2D eigenvalue weighted by Crippen LogP contribution is 2.07. The number of nitrogens with zero attached hydrogens (tertiary/aromatic N) is 2. The monoisotopic (exact) mass is 225 g/mol. The van der Waals surface area contributed by atoms with Gasteiger partial charge in [-0.05, 0) is 26.3 Å². The van der Waals surface area contributed by atoms with Crippen molar-refractivity contribution in [3.8, 4) is 0 Å². The number of nitrogens with one attached hydrogen (secondary N) is 1. The van der Waals surface area contributed by atoms with E-state index in [-0.39, 0.29) is 18.5 Å². The van der Waals surface area contributed by atoms with Crippen molar-refractivity contribution in [1.82, 2.24) is 15.1 Å². The number of carbonyl (C=O) groups is 1. The van der Waals surface area contributed by atoms with Gasteiger partial charge in [-0.3, -0.25) is 9.48 Å². The third kappa shape index (κ3) is 3.66. The van der Waals surface area contributed by atoms with Crippen LogP contribution < -0.4 is 5.32 Å². The predicted molar refractivity (Wildman–Crippen MR) is 60.8 cm³/mol. The van der Waals surface area contributed by atoms with Gasteiger partial charge in [-0.15, -0.1) is 0 Å². The van der Waals surface area contributed by atoms with Crippen LogP contribution in [0.25, 0.3) is 0 Å². The molecule has 0 saturated carbocycles. The molecule has 1 aromatic rings. The van der Waals surface area contributed by atoms with Gasteiger partial charge >= 0.3 is 0 Å². The first-order valence-electron chi connectivity index (χ1n) is 5.53. The van der Waals surface area contributed by atoms with Gasteiger partial charge < -0.3 is 10.4 Å². The van der Waals surface area contributed by atoms with Gasteiger partial charge in [0.15, 0.2) is 0 Å². The lowest BCUT2D eigenvalue weighted by atomic mass is 10.2. The predicted octanol–water partition coefficient (Wildman–Crippen LogP) is 0.851. The molecule has 0 spiro atoms. The van der Waals surface area contributed by atoms with Crippen molar-refractivity contribution in [2.75, 3.05) is 0 Å². The minimum absolute atomic E-state index is 0.0606. The van der Waals surface area contributed by atoms with Gasteiger partial charge in [0.25, 0.3) is 0 Å². The lowest BCUT2D eigenvalue weighted by Gasteiger charge is -2.11. The fraction of sp³-hybridized carbons (Fsp3) is 0.636. The topological polar surface area (TPSA) is 67.2 Å². The van der Waals surface area contributed by atoms with Crippen molar-refractivity contribution in [2.24, 2.45) is 0 Å². The van der Waals surface area contributed by atoms with E-state index in [0.29, 0.717) is 5.69 Å². The Morgan fingerprint density at radius 2 is 2.31 bits per heavy atom. The molecule has 0 aliphatic heterocycles. The highest BCUT2D eigenvalue weighted by Gasteiger charge is 2.09. The van der Waals surface area contributed by atoms with Crippen LogP contribution in [-0.4, -0.2) is 26.8 Å². The maximum absolute atomic E-state index is 11.5. The summed E-state index contributed by atoms with van der Waals surface area (Å²) in [4.78, 5) is 11.5. The van der Waals surface area contributed by atoms with Gasteiger partial charge in [0.2, 0.25) is 5.91 Å². The third-order valence-corrected chi connectivity index (χ3v) is 2.41. The largest absolute Gasteiger partial charge is 0.387 e. The van der Waals surface area contributed by atoms with Gasteiger partial charge in [0.1, 0.15) is 6.54 Å². The zero-order valence-corrected chi connectivity index (χ0v) is 9.97. The normalized spacial score (nSPS) is 14.5. The molecule has 2 N–H and O–H groups in total. The molecule has 5 heteroatoms. The molecule has 0 aromatic carbocycles. The SMILES string of the molecule is CCC(C)NC(=O)Cn1ccc(C(C)O)n1. The number of hydrogen-bond donors (Lipinski definition) is 2. The quantitative estimate of drug-likeness (QED) is 0.780. The number of carbonyl (C=O) groups excluding carboxylic acids is 1. The summed E-state index contributed by atoms with van der Waals surface area (Å²) in [5.74, 6) is -0.0606. The van der Waals surface area contributed by atoms with Crippen molar-refractivity contribution in [1.29, 1.82) is 0 Å². The Bertz CT molecular complexity index is 347. The van der Waals surface area contributed by atoms with E-state index in [1.165, 1.54) is 4.68 Å². The molecule has 0 bridgehead atoms. The Morgan fingerprint density at radius 3 is 2.81 bits per heavy atom. The Hall–Kier alpha value is -1.36. The summed E-state index contributed by atoms with van der Waals surface area (Å²) < 4.78 is 1.53. The summed E-state index contributed by atoms with van der Waals surface area (Å²) in [6.45, 7) is 5.82. The van der Waals surface area contributed by atoms with Crippen molar-refractivity contribution < 1.29 is 9.90 Å². The second-order valence-corrected chi connectivity index (χ2v) is 3.99. The zero-order valence-electron chi connectivity index (χ0n) is 9.97. The summed E-state index contributed by atoms with van der Waals surface area (Å²) in [5, 5.41) is 16.2. The number of rotatable bonds is 5. The van der Waals surface area contributed by atoms with Crippen LogP contribution in [0.4, 0.5) is 0 Å². The first kappa shape index (κ1) is 12.7. The molecule has 0 aliphatic rings. The van der Waals surface area contributed by atoms with Crippen molar-refractivity contribution in [3.05, 3.63) is 18.0 Å².